The standard InChI is InChI=1S/C25H26N2O4/c1-14(28)18-12-17(9-15-10-21(24(2,3)4)27-22(15)18)26-23(29)25(7-8-25)16-5-6-19-20(11-16)31-13-30-19/h5-6,9-12,27H,7-8,13H2,1-4H3,(H,26,29). The van der Waals surface area contributed by atoms with Crippen LogP contribution in [0.2, 0.25) is 0 Å². The van der Waals surface area contributed by atoms with Crippen molar-refractivity contribution in [3.05, 3.63) is 53.2 Å². The summed E-state index contributed by atoms with van der Waals surface area (Å²) in [6.45, 7) is 8.12. The van der Waals surface area contributed by atoms with E-state index in [4.69, 9.17) is 9.47 Å². The minimum absolute atomic E-state index is 0.0414. The Balaban J connectivity index is 1.48. The number of carbonyl (C=O) groups excluding carboxylic acids is 2. The van der Waals surface area contributed by atoms with Crippen LogP contribution >= 0.6 is 0 Å². The molecule has 2 heterocycles. The molecule has 5 rings (SSSR count). The van der Waals surface area contributed by atoms with Gasteiger partial charge in [-0.1, -0.05) is 26.8 Å². The van der Waals surface area contributed by atoms with Crippen LogP contribution in [-0.4, -0.2) is 23.5 Å². The van der Waals surface area contributed by atoms with E-state index < -0.39 is 5.41 Å². The second-order valence-electron chi connectivity index (χ2n) is 9.58. The molecule has 1 aromatic heterocycles. The normalized spacial score (nSPS) is 16.4. The fourth-order valence-corrected chi connectivity index (χ4v) is 4.21. The number of aromatic nitrogens is 1. The Hall–Kier alpha value is -3.28. The van der Waals surface area contributed by atoms with Crippen LogP contribution in [0.15, 0.2) is 36.4 Å². The van der Waals surface area contributed by atoms with Crippen molar-refractivity contribution in [3.8, 4) is 11.5 Å². The Morgan fingerprint density at radius 3 is 2.45 bits per heavy atom. The number of anilines is 1. The van der Waals surface area contributed by atoms with Crippen molar-refractivity contribution < 1.29 is 19.1 Å². The van der Waals surface area contributed by atoms with Crippen LogP contribution in [-0.2, 0) is 15.6 Å². The van der Waals surface area contributed by atoms with E-state index in [9.17, 15) is 9.59 Å². The third-order valence-electron chi connectivity index (χ3n) is 6.28. The lowest BCUT2D eigenvalue weighted by Gasteiger charge is -2.17. The summed E-state index contributed by atoms with van der Waals surface area (Å²) in [5.74, 6) is 1.28. The number of H-pyrrole nitrogens is 1. The molecule has 2 aromatic carbocycles. The number of benzene rings is 2. The molecule has 2 aliphatic rings. The maximum absolute atomic E-state index is 13.3. The molecule has 1 aliphatic heterocycles. The molecular formula is C25H26N2O4. The van der Waals surface area contributed by atoms with E-state index in [2.05, 4.69) is 37.1 Å². The SMILES string of the molecule is CC(=O)c1cc(NC(=O)C2(c3ccc4c(c3)OCO4)CC2)cc2cc(C(C)(C)C)[nH]c12. The molecule has 0 radical (unpaired) electrons. The monoisotopic (exact) mass is 418 g/mol. The number of fused-ring (bicyclic) bond motifs is 2. The van der Waals surface area contributed by atoms with E-state index in [-0.39, 0.29) is 23.9 Å². The smallest absolute Gasteiger partial charge is 0.235 e. The van der Waals surface area contributed by atoms with Gasteiger partial charge in [-0.3, -0.25) is 9.59 Å². The zero-order valence-corrected chi connectivity index (χ0v) is 18.2. The summed E-state index contributed by atoms with van der Waals surface area (Å²) in [6, 6.07) is 11.5. The number of rotatable bonds is 4. The van der Waals surface area contributed by atoms with E-state index in [0.717, 1.165) is 35.0 Å². The molecule has 1 aliphatic carbocycles. The lowest BCUT2D eigenvalue weighted by Crippen LogP contribution is -2.27. The highest BCUT2D eigenvalue weighted by Gasteiger charge is 2.51. The van der Waals surface area contributed by atoms with Crippen LogP contribution in [0.5, 0.6) is 11.5 Å². The summed E-state index contributed by atoms with van der Waals surface area (Å²) < 4.78 is 10.9. The van der Waals surface area contributed by atoms with E-state index >= 15 is 0 Å². The predicted molar refractivity (Wildman–Crippen MR) is 119 cm³/mol. The van der Waals surface area contributed by atoms with Crippen LogP contribution in [0.3, 0.4) is 0 Å². The minimum Gasteiger partial charge on any atom is -0.454 e. The number of nitrogens with one attached hydrogen (secondary N) is 2. The number of hydrogen-bond acceptors (Lipinski definition) is 4. The number of carbonyl (C=O) groups is 2. The molecule has 3 aromatic rings. The second kappa shape index (κ2) is 6.61. The molecule has 0 bridgehead atoms. The molecule has 1 amide bonds. The Morgan fingerprint density at radius 1 is 1.03 bits per heavy atom. The van der Waals surface area contributed by atoms with Gasteiger partial charge in [-0.15, -0.1) is 0 Å². The average Bonchev–Trinajstić information content (AvgIpc) is 3.17. The zero-order valence-electron chi connectivity index (χ0n) is 18.2. The first kappa shape index (κ1) is 19.7. The topological polar surface area (TPSA) is 80.4 Å². The Bertz CT molecular complexity index is 1230. The largest absolute Gasteiger partial charge is 0.454 e. The number of amides is 1. The molecule has 6 nitrogen and oxygen atoms in total. The van der Waals surface area contributed by atoms with Crippen molar-refractivity contribution >= 4 is 28.3 Å². The fourth-order valence-electron chi connectivity index (χ4n) is 4.21. The van der Waals surface area contributed by atoms with Gasteiger partial charge in [0.1, 0.15) is 0 Å². The van der Waals surface area contributed by atoms with Gasteiger partial charge in [-0.25, -0.2) is 0 Å². The summed E-state index contributed by atoms with van der Waals surface area (Å²) in [4.78, 5) is 29.0. The van der Waals surface area contributed by atoms with Crippen molar-refractivity contribution in [2.45, 2.75) is 51.4 Å². The van der Waals surface area contributed by atoms with Crippen molar-refractivity contribution in [1.29, 1.82) is 0 Å². The molecule has 2 N–H and O–H groups in total. The summed E-state index contributed by atoms with van der Waals surface area (Å²) >= 11 is 0. The molecule has 6 heteroatoms. The quantitative estimate of drug-likeness (QED) is 0.580. The Morgan fingerprint density at radius 2 is 1.77 bits per heavy atom. The number of aromatic amines is 1. The molecule has 0 atom stereocenters. The number of hydrogen-bond donors (Lipinski definition) is 2. The molecule has 0 unspecified atom stereocenters. The van der Waals surface area contributed by atoms with E-state index in [0.29, 0.717) is 22.7 Å². The van der Waals surface area contributed by atoms with Crippen molar-refractivity contribution in [1.82, 2.24) is 4.98 Å². The first-order chi connectivity index (χ1) is 14.7. The minimum atomic E-state index is -0.568. The van der Waals surface area contributed by atoms with Gasteiger partial charge in [0.25, 0.3) is 0 Å². The van der Waals surface area contributed by atoms with Gasteiger partial charge >= 0.3 is 0 Å². The molecular weight excluding hydrogens is 392 g/mol. The molecule has 0 saturated heterocycles. The zero-order chi connectivity index (χ0) is 22.0. The van der Waals surface area contributed by atoms with Crippen molar-refractivity contribution in [3.63, 3.8) is 0 Å². The van der Waals surface area contributed by atoms with Crippen molar-refractivity contribution in [2.75, 3.05) is 12.1 Å². The third-order valence-corrected chi connectivity index (χ3v) is 6.28. The molecule has 31 heavy (non-hydrogen) atoms. The first-order valence-electron chi connectivity index (χ1n) is 10.6. The number of ether oxygens (including phenoxy) is 2. The third kappa shape index (κ3) is 3.26. The summed E-state index contributed by atoms with van der Waals surface area (Å²) in [5.41, 5.74) is 3.36. The predicted octanol–water partition coefficient (Wildman–Crippen LogP) is 5.07. The van der Waals surface area contributed by atoms with Crippen molar-refractivity contribution in [2.24, 2.45) is 0 Å². The molecule has 0 spiro atoms. The summed E-state index contributed by atoms with van der Waals surface area (Å²) in [7, 11) is 0. The molecule has 160 valence electrons. The lowest BCUT2D eigenvalue weighted by atomic mass is 9.92. The van der Waals surface area contributed by atoms with Crippen LogP contribution in [0.25, 0.3) is 10.9 Å². The number of ketones is 1. The number of Topliss-reactive ketones (excluding diaryl/α,β-unsaturated/α-hetero) is 1. The second-order valence-corrected chi connectivity index (χ2v) is 9.58. The van der Waals surface area contributed by atoms with E-state index in [1.165, 1.54) is 0 Å². The molecule has 1 fully saturated rings. The van der Waals surface area contributed by atoms with Crippen LogP contribution in [0.4, 0.5) is 5.69 Å². The highest BCUT2D eigenvalue weighted by Crippen LogP contribution is 2.51. The van der Waals surface area contributed by atoms with Crippen LogP contribution in [0.1, 0.15) is 62.2 Å². The van der Waals surface area contributed by atoms with Gasteiger partial charge in [0, 0.05) is 27.7 Å². The van der Waals surface area contributed by atoms with Gasteiger partial charge in [0.15, 0.2) is 17.3 Å². The average molecular weight is 418 g/mol. The van der Waals surface area contributed by atoms with Gasteiger partial charge in [0.05, 0.1) is 10.9 Å². The highest BCUT2D eigenvalue weighted by atomic mass is 16.7. The first-order valence-corrected chi connectivity index (χ1v) is 10.6. The van der Waals surface area contributed by atoms with Gasteiger partial charge < -0.3 is 19.8 Å². The highest BCUT2D eigenvalue weighted by molar-refractivity contribution is 6.09. The molecule has 1 saturated carbocycles. The fraction of sp³-hybridized carbons (Fsp3) is 0.360. The van der Waals surface area contributed by atoms with Gasteiger partial charge in [0.2, 0.25) is 12.7 Å². The Labute approximate surface area is 180 Å². The van der Waals surface area contributed by atoms with Crippen LogP contribution in [0, 0.1) is 0 Å². The summed E-state index contributed by atoms with van der Waals surface area (Å²) in [6.07, 6.45) is 1.55. The van der Waals surface area contributed by atoms with E-state index in [1.807, 2.05) is 24.3 Å². The van der Waals surface area contributed by atoms with Gasteiger partial charge in [-0.2, -0.15) is 0 Å². The Kier molecular flexibility index (Phi) is 4.19. The maximum atomic E-state index is 13.3. The lowest BCUT2D eigenvalue weighted by molar-refractivity contribution is -0.118. The van der Waals surface area contributed by atoms with E-state index in [1.54, 1.807) is 13.0 Å². The summed E-state index contributed by atoms with van der Waals surface area (Å²) in [5, 5.41) is 3.99. The van der Waals surface area contributed by atoms with Crippen LogP contribution < -0.4 is 14.8 Å². The van der Waals surface area contributed by atoms with Gasteiger partial charge in [-0.05, 0) is 55.7 Å². The maximum Gasteiger partial charge on any atom is 0.235 e.